The number of ether oxygens (including phenoxy) is 12. The molecule has 4 fully saturated rings. The highest BCUT2D eigenvalue weighted by molar-refractivity contribution is 5.77. The average Bonchev–Trinajstić information content (AvgIpc) is 3.33. The predicted octanol–water partition coefficient (Wildman–Crippen LogP) is -10.1. The average molecular weight is 1020 g/mol. The highest BCUT2D eigenvalue weighted by Gasteiger charge is 2.57. The molecule has 31 nitrogen and oxygen atoms in total. The van der Waals surface area contributed by atoms with Crippen molar-refractivity contribution >= 4 is 35.6 Å². The van der Waals surface area contributed by atoms with Crippen molar-refractivity contribution in [1.82, 2.24) is 16.0 Å². The highest BCUT2D eigenvalue weighted by Crippen LogP contribution is 2.36. The molecule has 402 valence electrons. The summed E-state index contributed by atoms with van der Waals surface area (Å²) < 4.78 is 68.8. The predicted molar refractivity (Wildman–Crippen MR) is 219 cm³/mol. The lowest BCUT2D eigenvalue weighted by Gasteiger charge is -2.51. The van der Waals surface area contributed by atoms with Gasteiger partial charge in [-0.25, -0.2) is 9.59 Å². The molecule has 0 aromatic rings. The first kappa shape index (κ1) is 58.6. The van der Waals surface area contributed by atoms with E-state index >= 15 is 0 Å². The minimum atomic E-state index is -1.98. The third-order valence-electron chi connectivity index (χ3n) is 11.3. The smallest absolute Gasteiger partial charge is 0.331 e. The number of hydrogen-bond acceptors (Lipinski definition) is 28. The molecule has 0 radical (unpaired) electrons. The third-order valence-corrected chi connectivity index (χ3v) is 11.3. The summed E-state index contributed by atoms with van der Waals surface area (Å²) in [6, 6.07) is -6.43. The van der Waals surface area contributed by atoms with Crippen LogP contribution in [0.5, 0.6) is 0 Å². The van der Waals surface area contributed by atoms with Gasteiger partial charge < -0.3 is 124 Å². The van der Waals surface area contributed by atoms with Crippen LogP contribution < -0.4 is 21.7 Å². The summed E-state index contributed by atoms with van der Waals surface area (Å²) in [5.74, 6) is -5.95. The number of nitrogens with two attached hydrogens (primary N) is 1. The van der Waals surface area contributed by atoms with Gasteiger partial charge in [-0.2, -0.15) is 0 Å². The van der Waals surface area contributed by atoms with E-state index in [-0.39, 0.29) is 0 Å². The summed E-state index contributed by atoms with van der Waals surface area (Å²) in [5, 5.41) is 101. The van der Waals surface area contributed by atoms with Crippen LogP contribution >= 0.6 is 0 Å². The Hall–Kier alpha value is -3.94. The summed E-state index contributed by atoms with van der Waals surface area (Å²) in [4.78, 5) is 74.8. The van der Waals surface area contributed by atoms with E-state index < -0.39 is 217 Å². The van der Waals surface area contributed by atoms with Gasteiger partial charge in [-0.05, 0) is 0 Å². The Morgan fingerprint density at radius 3 is 1.46 bits per heavy atom. The van der Waals surface area contributed by atoms with Crippen molar-refractivity contribution in [2.24, 2.45) is 5.73 Å². The van der Waals surface area contributed by atoms with Crippen molar-refractivity contribution in [1.29, 1.82) is 0 Å². The third kappa shape index (κ3) is 14.8. The second-order valence-electron chi connectivity index (χ2n) is 16.1. The van der Waals surface area contributed by atoms with Gasteiger partial charge in [0.25, 0.3) is 0 Å². The molecule has 4 heterocycles. The van der Waals surface area contributed by atoms with Crippen LogP contribution in [0.3, 0.4) is 0 Å². The number of esters is 3. The zero-order valence-corrected chi connectivity index (χ0v) is 38.4. The van der Waals surface area contributed by atoms with Crippen LogP contribution in [0.1, 0.15) is 20.3 Å². The van der Waals surface area contributed by atoms with Gasteiger partial charge in [0.1, 0.15) is 118 Å². The minimum absolute atomic E-state index is 0.647. The van der Waals surface area contributed by atoms with Crippen LogP contribution in [0.15, 0.2) is 0 Å². The fraction of sp³-hybridized carbons (Fsp3) is 0.846. The second-order valence-corrected chi connectivity index (χ2v) is 16.1. The van der Waals surface area contributed by atoms with E-state index in [1.165, 1.54) is 14.2 Å². The van der Waals surface area contributed by atoms with Gasteiger partial charge in [-0.1, -0.05) is 0 Å². The van der Waals surface area contributed by atoms with Gasteiger partial charge in [-0.15, -0.1) is 0 Å². The zero-order valence-electron chi connectivity index (χ0n) is 38.4. The number of carbonyl (C=O) groups excluding carboxylic acids is 6. The number of aliphatic hydroxyl groups excluding tert-OH is 9. The molecule has 20 unspecified atom stereocenters. The normalized spacial score (nSPS) is 37.6. The number of rotatable bonds is 23. The quantitative estimate of drug-likeness (QED) is 0.0334. The van der Waals surface area contributed by atoms with Crippen molar-refractivity contribution < 1.29 is 132 Å². The van der Waals surface area contributed by atoms with Crippen molar-refractivity contribution in [2.75, 3.05) is 67.1 Å². The van der Waals surface area contributed by atoms with Gasteiger partial charge in [0.05, 0.1) is 32.3 Å². The van der Waals surface area contributed by atoms with E-state index in [9.17, 15) is 74.7 Å². The minimum Gasteiger partial charge on any atom is -0.461 e. The molecule has 14 N–H and O–H groups in total. The Bertz CT molecular complexity index is 1720. The maximum atomic E-state index is 13.2. The molecule has 3 amide bonds. The first-order valence-electron chi connectivity index (χ1n) is 21.7. The maximum Gasteiger partial charge on any atom is 0.331 e. The lowest BCUT2D eigenvalue weighted by Crippen LogP contribution is -2.72. The molecule has 4 rings (SSSR count). The Kier molecular flexibility index (Phi) is 23.3. The van der Waals surface area contributed by atoms with Crippen molar-refractivity contribution in [3.63, 3.8) is 0 Å². The topological polar surface area (TPSA) is 457 Å². The second kappa shape index (κ2) is 27.8. The Morgan fingerprint density at radius 2 is 0.971 bits per heavy atom. The molecule has 4 saturated heterocycles. The number of methoxy groups -OCH3 is 2. The monoisotopic (exact) mass is 1020 g/mol. The first-order chi connectivity index (χ1) is 33.3. The number of aliphatic hydroxyl groups is 9. The summed E-state index contributed by atoms with van der Waals surface area (Å²) in [6.45, 7) is -5.20. The van der Waals surface area contributed by atoms with Crippen LogP contribution in [-0.4, -0.2) is 271 Å². The Morgan fingerprint density at radius 1 is 0.514 bits per heavy atom. The van der Waals surface area contributed by atoms with Crippen LogP contribution in [0.25, 0.3) is 0 Å². The SMILES string of the molecule is COC1OC(COC(=O)CO)C(OC2OC(CO)C(OC3OC(COC(=O)CO)C(OC4OC(CO)C(OC)C(O)C4NC(=O)CO)C(O)C3N)C(OC(=O)CCO)C2NC(C)=O)C(O)C1NC(C)=O. The number of amides is 3. The van der Waals surface area contributed by atoms with Gasteiger partial charge in [-0.3, -0.25) is 19.2 Å². The molecular weight excluding hydrogens is 956 g/mol. The molecule has 0 spiro atoms. The first-order valence-corrected chi connectivity index (χ1v) is 21.7. The van der Waals surface area contributed by atoms with E-state index in [1.807, 2.05) is 0 Å². The molecule has 4 aliphatic heterocycles. The summed E-state index contributed by atoms with van der Waals surface area (Å²) in [5.41, 5.74) is 6.50. The summed E-state index contributed by atoms with van der Waals surface area (Å²) in [6.07, 6.45) is -27.7. The maximum absolute atomic E-state index is 13.2. The molecule has 0 aromatic heterocycles. The van der Waals surface area contributed by atoms with Crippen molar-refractivity contribution in [3.8, 4) is 0 Å². The highest BCUT2D eigenvalue weighted by atomic mass is 16.8. The Labute approximate surface area is 398 Å². The Balaban J connectivity index is 1.74. The van der Waals surface area contributed by atoms with Gasteiger partial charge in [0.2, 0.25) is 17.7 Å². The molecule has 0 aromatic carbocycles. The molecule has 70 heavy (non-hydrogen) atoms. The molecule has 0 bridgehead atoms. The van der Waals surface area contributed by atoms with Crippen molar-refractivity contribution in [3.05, 3.63) is 0 Å². The number of hydrogen-bond donors (Lipinski definition) is 13. The van der Waals surface area contributed by atoms with Gasteiger partial charge in [0.15, 0.2) is 31.3 Å². The summed E-state index contributed by atoms with van der Waals surface area (Å²) >= 11 is 0. The van der Waals surface area contributed by atoms with Crippen LogP contribution in [0.2, 0.25) is 0 Å². The fourth-order valence-corrected chi connectivity index (χ4v) is 8.10. The molecule has 20 atom stereocenters. The standard InChI is InChI=1S/C39H64N4O27/c1-14(50)41-25-30(58)33(19(66-37(25)60-4)13-62-23(55)11-49)69-39-27(42-15(2)51)35(67-21(53)5-6-44)34(17(8-46)64-39)70-36-24(40)28(56)32(18(65-36)12-61-22(54)10-48)68-38-26(43-20(52)9-47)29(57)31(59-3)16(7-45)63-38/h16-19,24-39,44-49,56-58H,5-13,40H2,1-4H3,(H,41,50)(H,42,51)(H,43,52). The van der Waals surface area contributed by atoms with E-state index in [4.69, 9.17) is 62.6 Å². The molecule has 0 saturated carbocycles. The van der Waals surface area contributed by atoms with Crippen LogP contribution in [0.4, 0.5) is 0 Å². The van der Waals surface area contributed by atoms with E-state index in [0.29, 0.717) is 0 Å². The van der Waals surface area contributed by atoms with Crippen molar-refractivity contribution in [2.45, 2.75) is 143 Å². The van der Waals surface area contributed by atoms with E-state index in [2.05, 4.69) is 16.0 Å². The van der Waals surface area contributed by atoms with Gasteiger partial charge in [0, 0.05) is 28.1 Å². The number of nitrogens with one attached hydrogen (secondary N) is 3. The number of carbonyl (C=O) groups is 6. The molecular formula is C39H64N4O27. The largest absolute Gasteiger partial charge is 0.461 e. The molecule has 4 aliphatic rings. The summed E-state index contributed by atoms with van der Waals surface area (Å²) in [7, 11) is 2.35. The lowest BCUT2D eigenvalue weighted by molar-refractivity contribution is -0.361. The van der Waals surface area contributed by atoms with E-state index in [0.717, 1.165) is 13.8 Å². The lowest BCUT2D eigenvalue weighted by atomic mass is 9.93. The van der Waals surface area contributed by atoms with Gasteiger partial charge >= 0.3 is 17.9 Å². The fourth-order valence-electron chi connectivity index (χ4n) is 8.10. The molecule has 31 heteroatoms. The van der Waals surface area contributed by atoms with E-state index in [1.54, 1.807) is 0 Å². The van der Waals surface area contributed by atoms with Crippen LogP contribution in [0, 0.1) is 0 Å². The molecule has 0 aliphatic carbocycles. The van der Waals surface area contributed by atoms with Crippen LogP contribution in [-0.2, 0) is 85.6 Å². The zero-order chi connectivity index (χ0) is 52.0.